The van der Waals surface area contributed by atoms with Gasteiger partial charge in [-0.15, -0.1) is 0 Å². The second kappa shape index (κ2) is 4.58. The fourth-order valence-electron chi connectivity index (χ4n) is 1.55. The molecule has 3 amide bonds. The molecular weight excluding hydrogens is 240 g/mol. The number of imide groups is 1. The van der Waals surface area contributed by atoms with Crippen molar-refractivity contribution in [3.8, 4) is 0 Å². The second-order valence-corrected chi connectivity index (χ2v) is 4.56. The maximum absolute atomic E-state index is 11.8. The van der Waals surface area contributed by atoms with Crippen molar-refractivity contribution in [1.29, 1.82) is 0 Å². The minimum Gasteiger partial charge on any atom is -0.267 e. The molecule has 17 heavy (non-hydrogen) atoms. The maximum Gasteiger partial charge on any atom is 0.298 e. The number of carbonyl (C=O) groups excluding carboxylic acids is 3. The molecule has 0 spiro atoms. The molecule has 6 heteroatoms. The van der Waals surface area contributed by atoms with Gasteiger partial charge >= 0.3 is 0 Å². The van der Waals surface area contributed by atoms with Gasteiger partial charge in [-0.1, -0.05) is 30.8 Å². The lowest BCUT2D eigenvalue weighted by molar-refractivity contribution is 0.0597. The van der Waals surface area contributed by atoms with Crippen LogP contribution in [0.2, 0.25) is 0 Å². The van der Waals surface area contributed by atoms with Crippen molar-refractivity contribution in [3.63, 3.8) is 0 Å². The standard InChI is InChI=1S/C11H10N2O3S/c1-2-17-11(16)12-13-9(14)7-5-3-4-6-8(7)10(13)15/h3-6H,2H2,1H3,(H,12,16). The van der Waals surface area contributed by atoms with Gasteiger partial charge in [0.05, 0.1) is 11.1 Å². The summed E-state index contributed by atoms with van der Waals surface area (Å²) in [6.45, 7) is 1.81. The van der Waals surface area contributed by atoms with Crippen molar-refractivity contribution in [2.45, 2.75) is 6.92 Å². The van der Waals surface area contributed by atoms with Crippen LogP contribution in [-0.4, -0.2) is 27.8 Å². The molecule has 0 unspecified atom stereocenters. The minimum atomic E-state index is -0.490. The molecule has 1 aliphatic heterocycles. The van der Waals surface area contributed by atoms with E-state index < -0.39 is 17.1 Å². The molecule has 0 aliphatic carbocycles. The number of hydrazine groups is 1. The SMILES string of the molecule is CCSC(=O)NN1C(=O)c2ccccc2C1=O. The van der Waals surface area contributed by atoms with E-state index in [0.717, 1.165) is 16.8 Å². The molecule has 5 nitrogen and oxygen atoms in total. The van der Waals surface area contributed by atoms with E-state index in [9.17, 15) is 14.4 Å². The van der Waals surface area contributed by atoms with Gasteiger partial charge in [-0.05, 0) is 17.9 Å². The molecule has 1 aromatic rings. The number of thioether (sulfide) groups is 1. The van der Waals surface area contributed by atoms with Gasteiger partial charge in [-0.2, -0.15) is 5.01 Å². The lowest BCUT2D eigenvalue weighted by Gasteiger charge is -2.13. The number of carbonyl (C=O) groups is 3. The predicted molar refractivity (Wildman–Crippen MR) is 63.6 cm³/mol. The number of amides is 3. The van der Waals surface area contributed by atoms with Crippen LogP contribution in [0, 0.1) is 0 Å². The summed E-state index contributed by atoms with van der Waals surface area (Å²) in [5.41, 5.74) is 2.92. The zero-order chi connectivity index (χ0) is 12.4. The Balaban J connectivity index is 2.22. The van der Waals surface area contributed by atoms with E-state index in [-0.39, 0.29) is 0 Å². The average Bonchev–Trinajstić information content (AvgIpc) is 2.56. The number of nitrogens with zero attached hydrogens (tertiary/aromatic N) is 1. The van der Waals surface area contributed by atoms with Gasteiger partial charge in [-0.3, -0.25) is 14.4 Å². The number of nitrogens with one attached hydrogen (secondary N) is 1. The van der Waals surface area contributed by atoms with Gasteiger partial charge in [-0.25, -0.2) is 5.43 Å². The molecule has 1 aromatic carbocycles. The Hall–Kier alpha value is -1.82. The number of benzene rings is 1. The molecule has 0 radical (unpaired) electrons. The molecular formula is C11H10N2O3S. The van der Waals surface area contributed by atoms with Crippen LogP contribution in [-0.2, 0) is 0 Å². The highest BCUT2D eigenvalue weighted by Crippen LogP contribution is 2.21. The summed E-state index contributed by atoms with van der Waals surface area (Å²) in [4.78, 5) is 35.0. The Bertz CT molecular complexity index is 466. The third-order valence-corrected chi connectivity index (χ3v) is 2.91. The zero-order valence-corrected chi connectivity index (χ0v) is 9.91. The fourth-order valence-corrected chi connectivity index (χ4v) is 1.96. The van der Waals surface area contributed by atoms with E-state index >= 15 is 0 Å². The highest BCUT2D eigenvalue weighted by atomic mass is 32.2. The van der Waals surface area contributed by atoms with Crippen LogP contribution in [0.5, 0.6) is 0 Å². The molecule has 0 aromatic heterocycles. The van der Waals surface area contributed by atoms with Crippen LogP contribution in [0.15, 0.2) is 24.3 Å². The summed E-state index contributed by atoms with van der Waals surface area (Å²) in [5.74, 6) is -0.402. The van der Waals surface area contributed by atoms with Gasteiger partial charge in [0, 0.05) is 0 Å². The first-order chi connectivity index (χ1) is 8.15. The zero-order valence-electron chi connectivity index (χ0n) is 9.10. The Kier molecular flexibility index (Phi) is 3.14. The Morgan fingerprint density at radius 2 is 1.76 bits per heavy atom. The summed E-state index contributed by atoms with van der Waals surface area (Å²) in [6.07, 6.45) is 0. The number of fused-ring (bicyclic) bond motifs is 1. The van der Waals surface area contributed by atoms with Crippen molar-refractivity contribution in [3.05, 3.63) is 35.4 Å². The van der Waals surface area contributed by atoms with E-state index in [4.69, 9.17) is 0 Å². The first-order valence-electron chi connectivity index (χ1n) is 5.06. The van der Waals surface area contributed by atoms with Crippen molar-refractivity contribution in [2.75, 3.05) is 5.75 Å². The van der Waals surface area contributed by atoms with Gasteiger partial charge in [0.15, 0.2) is 0 Å². The number of hydrogen-bond acceptors (Lipinski definition) is 4. The molecule has 1 N–H and O–H groups in total. The van der Waals surface area contributed by atoms with Gasteiger partial charge < -0.3 is 0 Å². The molecule has 1 heterocycles. The van der Waals surface area contributed by atoms with Crippen LogP contribution in [0.4, 0.5) is 4.79 Å². The highest BCUT2D eigenvalue weighted by Gasteiger charge is 2.36. The summed E-state index contributed by atoms with van der Waals surface area (Å²) in [6, 6.07) is 6.48. The molecule has 0 saturated carbocycles. The molecule has 0 atom stereocenters. The van der Waals surface area contributed by atoms with E-state index in [0.29, 0.717) is 16.9 Å². The van der Waals surface area contributed by atoms with Crippen LogP contribution >= 0.6 is 11.8 Å². The topological polar surface area (TPSA) is 66.5 Å². The van der Waals surface area contributed by atoms with Crippen LogP contribution in [0.3, 0.4) is 0 Å². The molecule has 1 aliphatic rings. The third kappa shape index (κ3) is 2.03. The molecule has 0 saturated heterocycles. The Labute approximate surface area is 102 Å². The van der Waals surface area contributed by atoms with Gasteiger partial charge in [0.2, 0.25) is 0 Å². The molecule has 2 rings (SSSR count). The van der Waals surface area contributed by atoms with Crippen molar-refractivity contribution < 1.29 is 14.4 Å². The Morgan fingerprint density at radius 1 is 1.24 bits per heavy atom. The highest BCUT2D eigenvalue weighted by molar-refractivity contribution is 8.13. The van der Waals surface area contributed by atoms with Gasteiger partial charge in [0.1, 0.15) is 0 Å². The quantitative estimate of drug-likeness (QED) is 0.811. The number of rotatable bonds is 2. The Morgan fingerprint density at radius 3 is 2.24 bits per heavy atom. The summed E-state index contributed by atoms with van der Waals surface area (Å²) in [5, 5.41) is 0.345. The molecule has 0 bridgehead atoms. The van der Waals surface area contributed by atoms with E-state index in [1.165, 1.54) is 0 Å². The molecule has 0 fully saturated rings. The van der Waals surface area contributed by atoms with E-state index in [1.54, 1.807) is 24.3 Å². The first-order valence-corrected chi connectivity index (χ1v) is 6.05. The smallest absolute Gasteiger partial charge is 0.267 e. The van der Waals surface area contributed by atoms with E-state index in [1.807, 2.05) is 6.92 Å². The van der Waals surface area contributed by atoms with Crippen molar-refractivity contribution in [2.24, 2.45) is 0 Å². The largest absolute Gasteiger partial charge is 0.298 e. The van der Waals surface area contributed by atoms with Crippen molar-refractivity contribution in [1.82, 2.24) is 10.4 Å². The normalized spacial score (nSPS) is 13.8. The lowest BCUT2D eigenvalue weighted by Crippen LogP contribution is -2.44. The fraction of sp³-hybridized carbons (Fsp3) is 0.182. The summed E-state index contributed by atoms with van der Waals surface area (Å²) < 4.78 is 0. The lowest BCUT2D eigenvalue weighted by atomic mass is 10.1. The average molecular weight is 250 g/mol. The van der Waals surface area contributed by atoms with Crippen LogP contribution in [0.25, 0.3) is 0 Å². The van der Waals surface area contributed by atoms with E-state index in [2.05, 4.69) is 5.43 Å². The van der Waals surface area contributed by atoms with Gasteiger partial charge in [0.25, 0.3) is 17.1 Å². The summed E-state index contributed by atoms with van der Waals surface area (Å²) >= 11 is 1.00. The predicted octanol–water partition coefficient (Wildman–Crippen LogP) is 1.66. The number of hydrogen-bond donors (Lipinski definition) is 1. The summed E-state index contributed by atoms with van der Waals surface area (Å²) in [7, 11) is 0. The minimum absolute atomic E-state index is 0.319. The molecule has 88 valence electrons. The van der Waals surface area contributed by atoms with Crippen LogP contribution < -0.4 is 5.43 Å². The first kappa shape index (κ1) is 11.7. The second-order valence-electron chi connectivity index (χ2n) is 3.32. The third-order valence-electron chi connectivity index (χ3n) is 2.27. The maximum atomic E-state index is 11.8. The van der Waals surface area contributed by atoms with Crippen molar-refractivity contribution >= 4 is 28.8 Å². The van der Waals surface area contributed by atoms with Crippen LogP contribution in [0.1, 0.15) is 27.6 Å². The monoisotopic (exact) mass is 250 g/mol.